The summed E-state index contributed by atoms with van der Waals surface area (Å²) in [6.07, 6.45) is 1.81. The van der Waals surface area contributed by atoms with Gasteiger partial charge in [-0.15, -0.1) is 0 Å². The van der Waals surface area contributed by atoms with E-state index in [1.165, 1.54) is 5.56 Å². The summed E-state index contributed by atoms with van der Waals surface area (Å²) in [6, 6.07) is 11.6. The van der Waals surface area contributed by atoms with Crippen molar-refractivity contribution >= 4 is 11.8 Å². The summed E-state index contributed by atoms with van der Waals surface area (Å²) in [7, 11) is 0. The Morgan fingerprint density at radius 2 is 1.74 bits per heavy atom. The van der Waals surface area contributed by atoms with Crippen molar-refractivity contribution in [2.45, 2.75) is 59.2 Å². The van der Waals surface area contributed by atoms with Crippen molar-refractivity contribution in [2.24, 2.45) is 0 Å². The maximum atomic E-state index is 13.4. The molecule has 0 aromatic heterocycles. The van der Waals surface area contributed by atoms with Crippen molar-refractivity contribution in [3.05, 3.63) is 58.7 Å². The number of piperazine rings is 1. The molecule has 7 nitrogen and oxygen atoms in total. The van der Waals surface area contributed by atoms with Gasteiger partial charge in [-0.1, -0.05) is 18.2 Å². The molecule has 35 heavy (non-hydrogen) atoms. The number of ether oxygens (including phenoxy) is 1. The molecule has 7 heteroatoms. The van der Waals surface area contributed by atoms with E-state index in [2.05, 4.69) is 24.8 Å². The molecule has 1 fully saturated rings. The molecule has 2 heterocycles. The van der Waals surface area contributed by atoms with Crippen molar-refractivity contribution in [1.29, 1.82) is 0 Å². The third-order valence-corrected chi connectivity index (χ3v) is 7.43. The number of phenols is 1. The molecule has 0 aliphatic carbocycles. The first-order valence-electron chi connectivity index (χ1n) is 12.5. The van der Waals surface area contributed by atoms with Gasteiger partial charge in [0, 0.05) is 57.3 Å². The van der Waals surface area contributed by atoms with Gasteiger partial charge in [-0.3, -0.25) is 14.5 Å². The number of rotatable bonds is 7. The Balaban J connectivity index is 1.42. The highest BCUT2D eigenvalue weighted by Gasteiger charge is 2.34. The summed E-state index contributed by atoms with van der Waals surface area (Å²) < 4.78 is 5.54. The normalized spacial score (nSPS) is 16.3. The average molecular weight is 480 g/mol. The molecule has 0 atom stereocenters. The van der Waals surface area contributed by atoms with Crippen molar-refractivity contribution in [2.75, 3.05) is 32.8 Å². The summed E-state index contributed by atoms with van der Waals surface area (Å²) in [5, 5.41) is 9.99. The van der Waals surface area contributed by atoms with E-state index in [9.17, 15) is 14.7 Å². The minimum Gasteiger partial charge on any atom is -0.504 e. The van der Waals surface area contributed by atoms with E-state index in [-0.39, 0.29) is 23.1 Å². The third-order valence-electron chi connectivity index (χ3n) is 7.43. The number of benzene rings is 2. The summed E-state index contributed by atoms with van der Waals surface area (Å²) in [4.78, 5) is 31.1. The molecule has 2 aromatic carbocycles. The molecule has 1 N–H and O–H groups in total. The van der Waals surface area contributed by atoms with Crippen LogP contribution in [-0.2, 0) is 24.3 Å². The molecule has 2 amide bonds. The second kappa shape index (κ2) is 10.3. The lowest BCUT2D eigenvalue weighted by Crippen LogP contribution is -2.50. The van der Waals surface area contributed by atoms with E-state index >= 15 is 0 Å². The topological polar surface area (TPSA) is 73.3 Å². The maximum absolute atomic E-state index is 13.4. The van der Waals surface area contributed by atoms with Gasteiger partial charge in [0.1, 0.15) is 0 Å². The van der Waals surface area contributed by atoms with E-state index < -0.39 is 0 Å². The van der Waals surface area contributed by atoms with Gasteiger partial charge in [0.05, 0.1) is 6.61 Å². The van der Waals surface area contributed by atoms with Gasteiger partial charge in [0.15, 0.2) is 11.5 Å². The van der Waals surface area contributed by atoms with E-state index in [0.717, 1.165) is 42.6 Å². The molecule has 1 saturated heterocycles. The fourth-order valence-corrected chi connectivity index (χ4v) is 5.04. The maximum Gasteiger partial charge on any atom is 0.254 e. The first kappa shape index (κ1) is 25.0. The molecule has 2 aliphatic heterocycles. The number of hydrogen-bond donors (Lipinski definition) is 1. The largest absolute Gasteiger partial charge is 0.504 e. The third kappa shape index (κ3) is 5.45. The zero-order valence-electron chi connectivity index (χ0n) is 21.3. The van der Waals surface area contributed by atoms with Crippen molar-refractivity contribution in [3.63, 3.8) is 0 Å². The molecule has 0 radical (unpaired) electrons. The molecule has 0 bridgehead atoms. The van der Waals surface area contributed by atoms with Crippen LogP contribution in [0.2, 0.25) is 0 Å². The fraction of sp³-hybridized carbons (Fsp3) is 0.500. The first-order chi connectivity index (χ1) is 16.7. The van der Waals surface area contributed by atoms with Crippen molar-refractivity contribution in [1.82, 2.24) is 14.7 Å². The average Bonchev–Trinajstić information content (AvgIpc) is 3.30. The second-order valence-corrected chi connectivity index (χ2v) is 10.1. The first-order valence-corrected chi connectivity index (χ1v) is 12.5. The van der Waals surface area contributed by atoms with Crippen molar-refractivity contribution < 1.29 is 19.4 Å². The van der Waals surface area contributed by atoms with Crippen LogP contribution in [0, 0.1) is 0 Å². The lowest BCUT2D eigenvalue weighted by molar-refractivity contribution is -0.130. The van der Waals surface area contributed by atoms with E-state index in [4.69, 9.17) is 4.74 Å². The molecule has 0 spiro atoms. The zero-order chi connectivity index (χ0) is 25.2. The van der Waals surface area contributed by atoms with Gasteiger partial charge in [-0.2, -0.15) is 0 Å². The van der Waals surface area contributed by atoms with Crippen LogP contribution in [0.3, 0.4) is 0 Å². The Bertz CT molecular complexity index is 1090. The summed E-state index contributed by atoms with van der Waals surface area (Å²) in [6.45, 7) is 12.4. The van der Waals surface area contributed by atoms with Crippen LogP contribution in [-0.4, -0.2) is 69.9 Å². The smallest absolute Gasteiger partial charge is 0.254 e. The van der Waals surface area contributed by atoms with Gasteiger partial charge in [0.25, 0.3) is 5.91 Å². The lowest BCUT2D eigenvalue weighted by Gasteiger charge is -2.36. The SMILES string of the molecule is CCOc1cc(CCC(C)(C)N2Cc3cccc(C(=O)N4CCN(C(C)=O)CC4)c3C2)ccc1O. The summed E-state index contributed by atoms with van der Waals surface area (Å²) >= 11 is 0. The number of fused-ring (bicyclic) bond motifs is 1. The zero-order valence-corrected chi connectivity index (χ0v) is 21.3. The van der Waals surface area contributed by atoms with E-state index in [1.54, 1.807) is 17.9 Å². The molecule has 4 rings (SSSR count). The Labute approximate surface area is 208 Å². The number of aromatic hydroxyl groups is 1. The van der Waals surface area contributed by atoms with E-state index in [1.807, 2.05) is 36.1 Å². The van der Waals surface area contributed by atoms with Crippen LogP contribution in [0.25, 0.3) is 0 Å². The molecule has 188 valence electrons. The van der Waals surface area contributed by atoms with Gasteiger partial charge >= 0.3 is 0 Å². The molecule has 2 aliphatic rings. The standard InChI is InChI=1S/C28H37N3O4/c1-5-35-26-17-21(9-10-25(26)33)11-12-28(3,4)31-18-22-7-6-8-23(24(22)19-31)27(34)30-15-13-29(14-16-30)20(2)32/h6-10,17,33H,5,11-16,18-19H2,1-4H3. The fourth-order valence-electron chi connectivity index (χ4n) is 5.04. The molecular weight excluding hydrogens is 442 g/mol. The van der Waals surface area contributed by atoms with Crippen LogP contribution < -0.4 is 4.74 Å². The van der Waals surface area contributed by atoms with Crippen LogP contribution in [0.4, 0.5) is 0 Å². The minimum absolute atomic E-state index is 0.0667. The predicted octanol–water partition coefficient (Wildman–Crippen LogP) is 3.82. The van der Waals surface area contributed by atoms with Crippen LogP contribution in [0.15, 0.2) is 36.4 Å². The highest BCUT2D eigenvalue weighted by molar-refractivity contribution is 5.96. The molecule has 0 unspecified atom stereocenters. The number of carbonyl (C=O) groups excluding carboxylic acids is 2. The number of carbonyl (C=O) groups is 2. The quantitative estimate of drug-likeness (QED) is 0.654. The highest BCUT2D eigenvalue weighted by atomic mass is 16.5. The Kier molecular flexibility index (Phi) is 7.36. The van der Waals surface area contributed by atoms with Gasteiger partial charge in [0.2, 0.25) is 5.91 Å². The Morgan fingerprint density at radius 3 is 2.43 bits per heavy atom. The summed E-state index contributed by atoms with van der Waals surface area (Å²) in [5.74, 6) is 0.836. The van der Waals surface area contributed by atoms with Gasteiger partial charge in [-0.25, -0.2) is 0 Å². The minimum atomic E-state index is -0.0733. The van der Waals surface area contributed by atoms with Crippen LogP contribution in [0.1, 0.15) is 61.2 Å². The second-order valence-electron chi connectivity index (χ2n) is 10.1. The summed E-state index contributed by atoms with van der Waals surface area (Å²) in [5.41, 5.74) is 4.20. The predicted molar refractivity (Wildman–Crippen MR) is 136 cm³/mol. The Hall–Kier alpha value is -3.06. The van der Waals surface area contributed by atoms with Crippen LogP contribution in [0.5, 0.6) is 11.5 Å². The van der Waals surface area contributed by atoms with Crippen LogP contribution >= 0.6 is 0 Å². The lowest BCUT2D eigenvalue weighted by atomic mass is 9.93. The Morgan fingerprint density at radius 1 is 1.03 bits per heavy atom. The van der Waals surface area contributed by atoms with E-state index in [0.29, 0.717) is 38.5 Å². The van der Waals surface area contributed by atoms with Crippen molar-refractivity contribution in [3.8, 4) is 11.5 Å². The molecular formula is C28H37N3O4. The number of amides is 2. The molecule has 2 aromatic rings. The monoisotopic (exact) mass is 479 g/mol. The number of hydrogen-bond acceptors (Lipinski definition) is 5. The molecule has 0 saturated carbocycles. The van der Waals surface area contributed by atoms with Gasteiger partial charge < -0.3 is 19.6 Å². The number of aryl methyl sites for hydroxylation is 1. The van der Waals surface area contributed by atoms with Gasteiger partial charge in [-0.05, 0) is 68.5 Å². The number of nitrogens with zero attached hydrogens (tertiary/aromatic N) is 3. The number of phenolic OH excluding ortho intramolecular Hbond substituents is 1. The highest BCUT2D eigenvalue weighted by Crippen LogP contribution is 2.35.